The second kappa shape index (κ2) is 7.44. The summed E-state index contributed by atoms with van der Waals surface area (Å²) in [5.41, 5.74) is 9.91. The van der Waals surface area contributed by atoms with Crippen LogP contribution in [-0.2, 0) is 11.3 Å². The predicted octanol–water partition coefficient (Wildman–Crippen LogP) is 2.40. The van der Waals surface area contributed by atoms with Gasteiger partial charge in [-0.1, -0.05) is 12.1 Å². The zero-order chi connectivity index (χ0) is 19.7. The largest absolute Gasteiger partial charge is 0.481 e. The highest BCUT2D eigenvalue weighted by Gasteiger charge is 2.27. The maximum Gasteiger partial charge on any atom is 0.306 e. The van der Waals surface area contributed by atoms with E-state index < -0.39 is 5.97 Å². The molecule has 0 saturated carbocycles. The molecule has 1 amide bonds. The number of nitrogens with two attached hydrogens (primary N) is 1. The van der Waals surface area contributed by atoms with Gasteiger partial charge in [0, 0.05) is 43.2 Å². The fourth-order valence-corrected chi connectivity index (χ4v) is 3.59. The van der Waals surface area contributed by atoms with E-state index in [-0.39, 0.29) is 11.8 Å². The van der Waals surface area contributed by atoms with E-state index in [1.165, 1.54) is 0 Å². The SMILES string of the molecule is NCc1ccn2cc(-c3ccc(C(=O)N4CCC(C(=O)O)CC4)cc3)nc2c1. The smallest absolute Gasteiger partial charge is 0.306 e. The van der Waals surface area contributed by atoms with Gasteiger partial charge in [-0.3, -0.25) is 9.59 Å². The molecule has 0 aliphatic carbocycles. The maximum atomic E-state index is 12.7. The van der Waals surface area contributed by atoms with E-state index in [0.29, 0.717) is 38.0 Å². The third-order valence-electron chi connectivity index (χ3n) is 5.32. The first-order valence-corrected chi connectivity index (χ1v) is 9.35. The van der Waals surface area contributed by atoms with Crippen LogP contribution in [0.4, 0.5) is 0 Å². The number of carbonyl (C=O) groups is 2. The van der Waals surface area contributed by atoms with Crippen molar-refractivity contribution in [3.05, 3.63) is 59.9 Å². The van der Waals surface area contributed by atoms with Crippen LogP contribution < -0.4 is 5.73 Å². The molecule has 28 heavy (non-hydrogen) atoms. The molecule has 0 unspecified atom stereocenters. The van der Waals surface area contributed by atoms with Gasteiger partial charge < -0.3 is 20.1 Å². The normalized spacial score (nSPS) is 15.1. The maximum absolute atomic E-state index is 12.7. The molecule has 7 heteroatoms. The van der Waals surface area contributed by atoms with Gasteiger partial charge in [0.2, 0.25) is 0 Å². The first-order valence-electron chi connectivity index (χ1n) is 9.35. The number of hydrogen-bond donors (Lipinski definition) is 2. The number of amides is 1. The van der Waals surface area contributed by atoms with E-state index in [9.17, 15) is 9.59 Å². The first-order chi connectivity index (χ1) is 13.5. The number of fused-ring (bicyclic) bond motifs is 1. The van der Waals surface area contributed by atoms with Crippen molar-refractivity contribution >= 4 is 17.5 Å². The molecule has 3 heterocycles. The Labute approximate surface area is 162 Å². The molecule has 0 spiro atoms. The van der Waals surface area contributed by atoms with Crippen LogP contribution in [0.15, 0.2) is 48.8 Å². The van der Waals surface area contributed by atoms with E-state index in [1.54, 1.807) is 17.0 Å². The summed E-state index contributed by atoms with van der Waals surface area (Å²) in [6.45, 7) is 1.43. The average molecular weight is 378 g/mol. The summed E-state index contributed by atoms with van der Waals surface area (Å²) in [4.78, 5) is 30.1. The molecule has 2 aromatic heterocycles. The summed E-state index contributed by atoms with van der Waals surface area (Å²) < 4.78 is 1.94. The highest BCUT2D eigenvalue weighted by molar-refractivity contribution is 5.94. The first kappa shape index (κ1) is 18.2. The van der Waals surface area contributed by atoms with E-state index in [4.69, 9.17) is 10.8 Å². The summed E-state index contributed by atoms with van der Waals surface area (Å²) in [6, 6.07) is 11.3. The number of carbonyl (C=O) groups excluding carboxylic acids is 1. The molecule has 0 bridgehead atoms. The number of imidazole rings is 1. The molecule has 7 nitrogen and oxygen atoms in total. The van der Waals surface area contributed by atoms with Crippen molar-refractivity contribution in [1.82, 2.24) is 14.3 Å². The number of rotatable bonds is 4. The number of carboxylic acid groups (broad SMARTS) is 1. The monoisotopic (exact) mass is 378 g/mol. The number of hydrogen-bond acceptors (Lipinski definition) is 4. The standard InChI is InChI=1S/C21H22N4O3/c22-12-14-5-8-25-13-18(23-19(25)11-14)15-1-3-16(4-2-15)20(26)24-9-6-17(7-10-24)21(27)28/h1-5,8,11,13,17H,6-7,9-10,12,22H2,(H,27,28). The molecule has 1 aliphatic heterocycles. The molecule has 3 aromatic rings. The molecule has 0 atom stereocenters. The van der Waals surface area contributed by atoms with Gasteiger partial charge in [0.1, 0.15) is 5.65 Å². The second-order valence-corrected chi connectivity index (χ2v) is 7.11. The minimum Gasteiger partial charge on any atom is -0.481 e. The molecular formula is C21H22N4O3. The lowest BCUT2D eigenvalue weighted by atomic mass is 9.96. The Morgan fingerprint density at radius 3 is 2.50 bits per heavy atom. The van der Waals surface area contributed by atoms with Gasteiger partial charge in [-0.05, 0) is 42.7 Å². The minimum absolute atomic E-state index is 0.0574. The molecular weight excluding hydrogens is 356 g/mol. The van der Waals surface area contributed by atoms with Crippen molar-refractivity contribution < 1.29 is 14.7 Å². The zero-order valence-corrected chi connectivity index (χ0v) is 15.4. The molecule has 1 fully saturated rings. The van der Waals surface area contributed by atoms with Gasteiger partial charge in [0.05, 0.1) is 11.6 Å². The van der Waals surface area contributed by atoms with Crippen LogP contribution in [0, 0.1) is 5.92 Å². The van der Waals surface area contributed by atoms with Crippen molar-refractivity contribution in [1.29, 1.82) is 0 Å². The Morgan fingerprint density at radius 1 is 1.14 bits per heavy atom. The van der Waals surface area contributed by atoms with E-state index in [2.05, 4.69) is 4.98 Å². The quantitative estimate of drug-likeness (QED) is 0.726. The van der Waals surface area contributed by atoms with Crippen molar-refractivity contribution in [2.45, 2.75) is 19.4 Å². The van der Waals surface area contributed by atoms with E-state index in [1.807, 2.05) is 41.1 Å². The lowest BCUT2D eigenvalue weighted by molar-refractivity contribution is -0.143. The summed E-state index contributed by atoms with van der Waals surface area (Å²) in [5.74, 6) is -1.18. The fourth-order valence-electron chi connectivity index (χ4n) is 3.59. The fraction of sp³-hybridized carbons (Fsp3) is 0.286. The lowest BCUT2D eigenvalue weighted by Crippen LogP contribution is -2.40. The molecule has 1 aliphatic rings. The highest BCUT2D eigenvalue weighted by atomic mass is 16.4. The van der Waals surface area contributed by atoms with Crippen molar-refractivity contribution in [2.24, 2.45) is 11.7 Å². The van der Waals surface area contributed by atoms with Crippen LogP contribution in [0.1, 0.15) is 28.8 Å². The van der Waals surface area contributed by atoms with Gasteiger partial charge in [-0.25, -0.2) is 4.98 Å². The second-order valence-electron chi connectivity index (χ2n) is 7.11. The van der Waals surface area contributed by atoms with Crippen LogP contribution in [0.3, 0.4) is 0 Å². The minimum atomic E-state index is -0.775. The number of piperidine rings is 1. The lowest BCUT2D eigenvalue weighted by Gasteiger charge is -2.30. The van der Waals surface area contributed by atoms with Crippen molar-refractivity contribution in [2.75, 3.05) is 13.1 Å². The van der Waals surface area contributed by atoms with E-state index in [0.717, 1.165) is 22.5 Å². The summed E-state index contributed by atoms with van der Waals surface area (Å²) in [6.07, 6.45) is 4.90. The Balaban J connectivity index is 1.49. The van der Waals surface area contributed by atoms with Crippen LogP contribution in [0.5, 0.6) is 0 Å². The number of aliphatic carboxylic acids is 1. The van der Waals surface area contributed by atoms with Gasteiger partial charge in [0.15, 0.2) is 0 Å². The van der Waals surface area contributed by atoms with Gasteiger partial charge in [-0.15, -0.1) is 0 Å². The van der Waals surface area contributed by atoms with Crippen molar-refractivity contribution in [3.63, 3.8) is 0 Å². The van der Waals surface area contributed by atoms with Gasteiger partial charge in [-0.2, -0.15) is 0 Å². The zero-order valence-electron chi connectivity index (χ0n) is 15.4. The Kier molecular flexibility index (Phi) is 4.83. The van der Waals surface area contributed by atoms with Crippen LogP contribution in [0.25, 0.3) is 16.9 Å². The number of pyridine rings is 1. The molecule has 4 rings (SSSR count). The average Bonchev–Trinajstić information content (AvgIpc) is 3.16. The summed E-state index contributed by atoms with van der Waals surface area (Å²) in [7, 11) is 0. The number of aromatic nitrogens is 2. The van der Waals surface area contributed by atoms with Gasteiger partial charge >= 0.3 is 5.97 Å². The number of likely N-dealkylation sites (tertiary alicyclic amines) is 1. The Bertz CT molecular complexity index is 1020. The molecule has 3 N–H and O–H groups in total. The number of carboxylic acids is 1. The molecule has 0 radical (unpaired) electrons. The third kappa shape index (κ3) is 3.48. The van der Waals surface area contributed by atoms with Crippen LogP contribution in [-0.4, -0.2) is 44.4 Å². The van der Waals surface area contributed by atoms with Crippen LogP contribution in [0.2, 0.25) is 0 Å². The van der Waals surface area contributed by atoms with E-state index >= 15 is 0 Å². The van der Waals surface area contributed by atoms with Crippen molar-refractivity contribution in [3.8, 4) is 11.3 Å². The molecule has 1 saturated heterocycles. The number of nitrogens with zero attached hydrogens (tertiary/aromatic N) is 3. The highest BCUT2D eigenvalue weighted by Crippen LogP contribution is 2.23. The van der Waals surface area contributed by atoms with Gasteiger partial charge in [0.25, 0.3) is 5.91 Å². The third-order valence-corrected chi connectivity index (χ3v) is 5.32. The molecule has 144 valence electrons. The Morgan fingerprint density at radius 2 is 1.86 bits per heavy atom. The summed E-state index contributed by atoms with van der Waals surface area (Å²) in [5, 5.41) is 9.08. The number of benzene rings is 1. The Hall–Kier alpha value is -3.19. The molecule has 1 aromatic carbocycles. The summed E-state index contributed by atoms with van der Waals surface area (Å²) >= 11 is 0. The van der Waals surface area contributed by atoms with Crippen LogP contribution >= 0.6 is 0 Å². The predicted molar refractivity (Wildman–Crippen MR) is 105 cm³/mol. The topological polar surface area (TPSA) is 101 Å².